The van der Waals surface area contributed by atoms with Gasteiger partial charge in [0, 0.05) is 39.5 Å². The fourth-order valence-electron chi connectivity index (χ4n) is 3.10. The minimum atomic E-state index is -0.404. The van der Waals surface area contributed by atoms with Crippen molar-refractivity contribution in [1.82, 2.24) is 4.57 Å². The molecule has 1 N–H and O–H groups in total. The number of carbonyl (C=O) groups is 1. The Balaban J connectivity index is 2.23. The highest BCUT2D eigenvalue weighted by Gasteiger charge is 2.22. The van der Waals surface area contributed by atoms with Crippen LogP contribution in [0.5, 0.6) is 0 Å². The van der Waals surface area contributed by atoms with E-state index in [1.54, 1.807) is 0 Å². The van der Waals surface area contributed by atoms with Crippen molar-refractivity contribution in [1.29, 1.82) is 0 Å². The number of hydrogen-bond acceptors (Lipinski definition) is 1. The van der Waals surface area contributed by atoms with E-state index in [4.69, 9.17) is 0 Å². The van der Waals surface area contributed by atoms with Gasteiger partial charge in [-0.25, -0.2) is 0 Å². The lowest BCUT2D eigenvalue weighted by Gasteiger charge is -2.19. The van der Waals surface area contributed by atoms with Crippen LogP contribution in [0.25, 0.3) is 21.8 Å². The number of fused-ring (bicyclic) bond motifs is 3. The number of nitrogens with one attached hydrogen (secondary N) is 1. The number of hydrogen-bond donors (Lipinski definition) is 1. The fourth-order valence-corrected chi connectivity index (χ4v) is 3.10. The first-order valence-corrected chi connectivity index (χ1v) is 8.16. The van der Waals surface area contributed by atoms with Crippen LogP contribution in [0.2, 0.25) is 0 Å². The first kappa shape index (κ1) is 15.6. The van der Waals surface area contributed by atoms with E-state index in [2.05, 4.69) is 54.1 Å². The summed E-state index contributed by atoms with van der Waals surface area (Å²) in [6.07, 6.45) is 0. The Morgan fingerprint density at radius 3 is 2.43 bits per heavy atom. The molecule has 0 fully saturated rings. The molecule has 1 heterocycles. The lowest BCUT2D eigenvalue weighted by molar-refractivity contribution is -0.123. The SMILES string of the molecule is CCn1c2ccccc2c2c(C)c(NC(=O)C(C)(C)C)ccc21. The number of benzene rings is 2. The van der Waals surface area contributed by atoms with Crippen LogP contribution >= 0.6 is 0 Å². The Bertz CT molecular complexity index is 897. The molecule has 3 aromatic rings. The summed E-state index contributed by atoms with van der Waals surface area (Å²) in [5.41, 5.74) is 4.09. The van der Waals surface area contributed by atoms with Crippen molar-refractivity contribution in [3.63, 3.8) is 0 Å². The molecule has 0 radical (unpaired) electrons. The predicted octanol–water partition coefficient (Wildman–Crippen LogP) is 5.11. The van der Waals surface area contributed by atoms with Gasteiger partial charge < -0.3 is 9.88 Å². The van der Waals surface area contributed by atoms with Gasteiger partial charge in [-0.1, -0.05) is 39.0 Å². The normalized spacial score (nSPS) is 12.0. The van der Waals surface area contributed by atoms with Crippen LogP contribution in [0.15, 0.2) is 36.4 Å². The van der Waals surface area contributed by atoms with E-state index in [-0.39, 0.29) is 5.91 Å². The number of aryl methyl sites for hydroxylation is 2. The molecule has 0 atom stereocenters. The molecule has 0 aliphatic rings. The van der Waals surface area contributed by atoms with Crippen molar-refractivity contribution in [3.8, 4) is 0 Å². The molecule has 23 heavy (non-hydrogen) atoms. The predicted molar refractivity (Wildman–Crippen MR) is 97.9 cm³/mol. The molecule has 2 aromatic carbocycles. The zero-order valence-corrected chi connectivity index (χ0v) is 14.5. The van der Waals surface area contributed by atoms with Crippen LogP contribution in [0.3, 0.4) is 0 Å². The second-order valence-electron chi connectivity index (χ2n) is 7.10. The molecule has 1 aromatic heterocycles. The lowest BCUT2D eigenvalue weighted by atomic mass is 9.95. The highest BCUT2D eigenvalue weighted by atomic mass is 16.2. The van der Waals surface area contributed by atoms with Crippen LogP contribution in [-0.4, -0.2) is 10.5 Å². The van der Waals surface area contributed by atoms with E-state index >= 15 is 0 Å². The van der Waals surface area contributed by atoms with Crippen molar-refractivity contribution in [2.45, 2.75) is 41.2 Å². The summed E-state index contributed by atoms with van der Waals surface area (Å²) in [5.74, 6) is 0.0409. The van der Waals surface area contributed by atoms with Crippen molar-refractivity contribution in [3.05, 3.63) is 42.0 Å². The zero-order chi connectivity index (χ0) is 16.8. The summed E-state index contributed by atoms with van der Waals surface area (Å²) in [4.78, 5) is 12.3. The van der Waals surface area contributed by atoms with Crippen molar-refractivity contribution >= 4 is 33.4 Å². The monoisotopic (exact) mass is 308 g/mol. The minimum absolute atomic E-state index is 0.0409. The number of carbonyl (C=O) groups excluding carboxylic acids is 1. The zero-order valence-electron chi connectivity index (χ0n) is 14.5. The van der Waals surface area contributed by atoms with Crippen LogP contribution in [0.1, 0.15) is 33.3 Å². The van der Waals surface area contributed by atoms with Gasteiger partial charge in [-0.05, 0) is 37.6 Å². The number of rotatable bonds is 2. The average Bonchev–Trinajstić information content (AvgIpc) is 2.83. The van der Waals surface area contributed by atoms with Crippen LogP contribution < -0.4 is 5.32 Å². The van der Waals surface area contributed by atoms with Gasteiger partial charge in [0.25, 0.3) is 0 Å². The molecule has 3 rings (SSSR count). The second-order valence-corrected chi connectivity index (χ2v) is 7.10. The lowest BCUT2D eigenvalue weighted by Crippen LogP contribution is -2.27. The largest absolute Gasteiger partial charge is 0.341 e. The Labute approximate surface area is 137 Å². The Hall–Kier alpha value is -2.29. The van der Waals surface area contributed by atoms with E-state index in [0.717, 1.165) is 17.8 Å². The van der Waals surface area contributed by atoms with Crippen LogP contribution in [0.4, 0.5) is 5.69 Å². The van der Waals surface area contributed by atoms with Gasteiger partial charge in [-0.3, -0.25) is 4.79 Å². The first-order chi connectivity index (χ1) is 10.8. The van der Waals surface area contributed by atoms with Crippen LogP contribution in [-0.2, 0) is 11.3 Å². The van der Waals surface area contributed by atoms with Gasteiger partial charge in [-0.2, -0.15) is 0 Å². The Morgan fingerprint density at radius 1 is 1.09 bits per heavy atom. The maximum Gasteiger partial charge on any atom is 0.229 e. The third-order valence-electron chi connectivity index (χ3n) is 4.44. The molecule has 3 nitrogen and oxygen atoms in total. The summed E-state index contributed by atoms with van der Waals surface area (Å²) in [6, 6.07) is 12.6. The summed E-state index contributed by atoms with van der Waals surface area (Å²) in [5, 5.41) is 5.56. The van der Waals surface area contributed by atoms with E-state index < -0.39 is 5.41 Å². The third-order valence-corrected chi connectivity index (χ3v) is 4.44. The van der Waals surface area contributed by atoms with E-state index in [9.17, 15) is 4.79 Å². The molecule has 0 unspecified atom stereocenters. The minimum Gasteiger partial charge on any atom is -0.341 e. The average molecular weight is 308 g/mol. The molecule has 3 heteroatoms. The quantitative estimate of drug-likeness (QED) is 0.701. The number of nitrogens with zero attached hydrogens (tertiary/aromatic N) is 1. The van der Waals surface area contributed by atoms with Gasteiger partial charge in [0.05, 0.1) is 0 Å². The molecule has 0 bridgehead atoms. The standard InChI is InChI=1S/C20H24N2O/c1-6-22-16-10-8-7-9-14(16)18-13(2)15(11-12-17(18)22)21-19(23)20(3,4)5/h7-12H,6H2,1-5H3,(H,21,23). The molecular formula is C20H24N2O. The van der Waals surface area contributed by atoms with Gasteiger partial charge in [-0.15, -0.1) is 0 Å². The van der Waals surface area contributed by atoms with Crippen molar-refractivity contribution in [2.24, 2.45) is 5.41 Å². The molecule has 1 amide bonds. The molecule has 0 aliphatic carbocycles. The highest BCUT2D eigenvalue weighted by Crippen LogP contribution is 2.35. The molecule has 0 saturated carbocycles. The van der Waals surface area contributed by atoms with E-state index in [0.29, 0.717) is 0 Å². The van der Waals surface area contributed by atoms with E-state index in [1.165, 1.54) is 21.8 Å². The maximum atomic E-state index is 12.3. The maximum absolute atomic E-state index is 12.3. The Kier molecular flexibility index (Phi) is 3.67. The molecule has 0 spiro atoms. The molecule has 0 saturated heterocycles. The number of para-hydroxylation sites is 1. The fraction of sp³-hybridized carbons (Fsp3) is 0.350. The van der Waals surface area contributed by atoms with Crippen molar-refractivity contribution < 1.29 is 4.79 Å². The van der Waals surface area contributed by atoms with E-state index in [1.807, 2.05) is 26.8 Å². The Morgan fingerprint density at radius 2 is 1.78 bits per heavy atom. The summed E-state index contributed by atoms with van der Waals surface area (Å²) in [7, 11) is 0. The smallest absolute Gasteiger partial charge is 0.229 e. The summed E-state index contributed by atoms with van der Waals surface area (Å²) < 4.78 is 2.33. The number of aromatic nitrogens is 1. The summed E-state index contributed by atoms with van der Waals surface area (Å²) >= 11 is 0. The number of amides is 1. The topological polar surface area (TPSA) is 34.0 Å². The number of anilines is 1. The molecular weight excluding hydrogens is 284 g/mol. The van der Waals surface area contributed by atoms with Gasteiger partial charge >= 0.3 is 0 Å². The second kappa shape index (κ2) is 5.41. The summed E-state index contributed by atoms with van der Waals surface area (Å²) in [6.45, 7) is 11.0. The molecule has 120 valence electrons. The van der Waals surface area contributed by atoms with Gasteiger partial charge in [0.1, 0.15) is 0 Å². The van der Waals surface area contributed by atoms with Gasteiger partial charge in [0.15, 0.2) is 0 Å². The molecule has 0 aliphatic heterocycles. The van der Waals surface area contributed by atoms with Crippen molar-refractivity contribution in [2.75, 3.05) is 5.32 Å². The first-order valence-electron chi connectivity index (χ1n) is 8.16. The highest BCUT2D eigenvalue weighted by molar-refractivity contribution is 6.12. The van der Waals surface area contributed by atoms with Gasteiger partial charge in [0.2, 0.25) is 5.91 Å². The third kappa shape index (κ3) is 2.50. The van der Waals surface area contributed by atoms with Crippen LogP contribution in [0, 0.1) is 12.3 Å².